The molecule has 0 aromatic heterocycles. The van der Waals surface area contributed by atoms with Crippen LogP contribution < -0.4 is 0 Å². The standard InChI is InChI=1S/C9H17IO3/c1-7(2)5-4-6-12-9(11)13-8(3)10/h7-8H,4-6H2,1-3H3. The van der Waals surface area contributed by atoms with Crippen molar-refractivity contribution in [3.63, 3.8) is 0 Å². The van der Waals surface area contributed by atoms with Crippen LogP contribution in [-0.4, -0.2) is 16.9 Å². The zero-order chi connectivity index (χ0) is 10.3. The third-order valence-corrected chi connectivity index (χ3v) is 1.66. The van der Waals surface area contributed by atoms with Gasteiger partial charge in [0.15, 0.2) is 4.11 Å². The van der Waals surface area contributed by atoms with Crippen LogP contribution in [-0.2, 0) is 9.47 Å². The molecule has 4 heteroatoms. The number of alkyl halides is 1. The van der Waals surface area contributed by atoms with Gasteiger partial charge in [-0.1, -0.05) is 13.8 Å². The summed E-state index contributed by atoms with van der Waals surface area (Å²) in [5.74, 6) is 0.656. The monoisotopic (exact) mass is 300 g/mol. The van der Waals surface area contributed by atoms with E-state index in [1.54, 1.807) is 6.92 Å². The minimum atomic E-state index is -0.564. The highest BCUT2D eigenvalue weighted by Gasteiger charge is 2.06. The van der Waals surface area contributed by atoms with Gasteiger partial charge < -0.3 is 9.47 Å². The molecule has 0 saturated heterocycles. The molecule has 0 radical (unpaired) electrons. The molecule has 0 aromatic carbocycles. The Labute approximate surface area is 93.3 Å². The van der Waals surface area contributed by atoms with Gasteiger partial charge in [0.1, 0.15) is 0 Å². The van der Waals surface area contributed by atoms with Crippen LogP contribution in [0.3, 0.4) is 0 Å². The smallest absolute Gasteiger partial charge is 0.434 e. The average Bonchev–Trinajstić information content (AvgIpc) is 1.96. The first-order valence-corrected chi connectivity index (χ1v) is 5.74. The Morgan fingerprint density at radius 2 is 2.00 bits per heavy atom. The molecule has 0 amide bonds. The van der Waals surface area contributed by atoms with Crippen LogP contribution in [0.15, 0.2) is 0 Å². The van der Waals surface area contributed by atoms with Crippen LogP contribution in [0.5, 0.6) is 0 Å². The third-order valence-electron chi connectivity index (χ3n) is 1.40. The molecule has 0 aromatic rings. The van der Waals surface area contributed by atoms with Gasteiger partial charge in [0.25, 0.3) is 0 Å². The molecule has 78 valence electrons. The summed E-state index contributed by atoms with van der Waals surface area (Å²) in [6.07, 6.45) is 1.42. The lowest BCUT2D eigenvalue weighted by Crippen LogP contribution is -2.12. The van der Waals surface area contributed by atoms with Gasteiger partial charge in [-0.05, 0) is 48.3 Å². The Kier molecular flexibility index (Phi) is 7.41. The molecule has 0 heterocycles. The van der Waals surface area contributed by atoms with Crippen LogP contribution in [0.1, 0.15) is 33.6 Å². The van der Waals surface area contributed by atoms with E-state index in [0.717, 1.165) is 12.8 Å². The molecule has 0 aliphatic heterocycles. The molecule has 13 heavy (non-hydrogen) atoms. The second-order valence-corrected chi connectivity index (χ2v) is 5.05. The van der Waals surface area contributed by atoms with E-state index >= 15 is 0 Å². The number of rotatable bonds is 5. The van der Waals surface area contributed by atoms with E-state index in [9.17, 15) is 4.79 Å². The first-order valence-electron chi connectivity index (χ1n) is 4.50. The maximum atomic E-state index is 10.8. The highest BCUT2D eigenvalue weighted by molar-refractivity contribution is 14.1. The molecule has 0 fully saturated rings. The quantitative estimate of drug-likeness (QED) is 0.338. The summed E-state index contributed by atoms with van der Waals surface area (Å²) in [5, 5.41) is 0. The van der Waals surface area contributed by atoms with Gasteiger partial charge in [0, 0.05) is 0 Å². The van der Waals surface area contributed by atoms with Gasteiger partial charge in [0.2, 0.25) is 0 Å². The number of halogens is 1. The first-order chi connectivity index (χ1) is 6.02. The van der Waals surface area contributed by atoms with E-state index in [2.05, 4.69) is 13.8 Å². The fourth-order valence-electron chi connectivity index (χ4n) is 0.814. The molecule has 0 N–H and O–H groups in total. The molecule has 0 spiro atoms. The summed E-state index contributed by atoms with van der Waals surface area (Å²) in [4.78, 5) is 10.8. The topological polar surface area (TPSA) is 35.5 Å². The Bertz CT molecular complexity index is 146. The second-order valence-electron chi connectivity index (χ2n) is 3.30. The zero-order valence-electron chi connectivity index (χ0n) is 8.38. The van der Waals surface area contributed by atoms with Gasteiger partial charge in [-0.15, -0.1) is 0 Å². The number of hydrogen-bond donors (Lipinski definition) is 0. The minimum Gasteiger partial charge on any atom is -0.434 e. The van der Waals surface area contributed by atoms with Gasteiger partial charge in [-0.25, -0.2) is 4.79 Å². The Morgan fingerprint density at radius 3 is 2.46 bits per heavy atom. The zero-order valence-corrected chi connectivity index (χ0v) is 10.5. The van der Waals surface area contributed by atoms with E-state index < -0.39 is 6.16 Å². The molecule has 0 aliphatic rings. The molecule has 0 rings (SSSR count). The van der Waals surface area contributed by atoms with Crippen molar-refractivity contribution < 1.29 is 14.3 Å². The van der Waals surface area contributed by atoms with Crippen LogP contribution in [0.2, 0.25) is 0 Å². The summed E-state index contributed by atoms with van der Waals surface area (Å²) in [6, 6.07) is 0. The summed E-state index contributed by atoms with van der Waals surface area (Å²) in [7, 11) is 0. The maximum absolute atomic E-state index is 10.8. The summed E-state index contributed by atoms with van der Waals surface area (Å²) in [5.41, 5.74) is 0. The largest absolute Gasteiger partial charge is 0.509 e. The van der Waals surface area contributed by atoms with Gasteiger partial charge in [0.05, 0.1) is 6.61 Å². The number of carbonyl (C=O) groups is 1. The number of hydrogen-bond acceptors (Lipinski definition) is 3. The number of carbonyl (C=O) groups excluding carboxylic acids is 1. The van der Waals surface area contributed by atoms with Crippen LogP contribution in [0.25, 0.3) is 0 Å². The predicted molar refractivity (Wildman–Crippen MR) is 60.0 cm³/mol. The summed E-state index contributed by atoms with van der Waals surface area (Å²) in [6.45, 7) is 6.53. The van der Waals surface area contributed by atoms with Crippen molar-refractivity contribution in [2.75, 3.05) is 6.61 Å². The van der Waals surface area contributed by atoms with Crippen molar-refractivity contribution >= 4 is 28.7 Å². The van der Waals surface area contributed by atoms with E-state index in [0.29, 0.717) is 12.5 Å². The van der Waals surface area contributed by atoms with E-state index in [-0.39, 0.29) is 4.11 Å². The van der Waals surface area contributed by atoms with Crippen LogP contribution in [0.4, 0.5) is 4.79 Å². The lowest BCUT2D eigenvalue weighted by atomic mass is 10.1. The van der Waals surface area contributed by atoms with E-state index in [1.807, 2.05) is 22.6 Å². The molecule has 0 bridgehead atoms. The van der Waals surface area contributed by atoms with E-state index in [4.69, 9.17) is 9.47 Å². The van der Waals surface area contributed by atoms with Crippen molar-refractivity contribution in [2.45, 2.75) is 37.7 Å². The summed E-state index contributed by atoms with van der Waals surface area (Å²) >= 11 is 2.01. The molecular weight excluding hydrogens is 283 g/mol. The second kappa shape index (κ2) is 7.41. The molecule has 0 saturated carbocycles. The Morgan fingerprint density at radius 1 is 1.38 bits per heavy atom. The first kappa shape index (κ1) is 13.0. The lowest BCUT2D eigenvalue weighted by molar-refractivity contribution is 0.0532. The van der Waals surface area contributed by atoms with Gasteiger partial charge in [-0.3, -0.25) is 0 Å². The van der Waals surface area contributed by atoms with E-state index in [1.165, 1.54) is 0 Å². The average molecular weight is 300 g/mol. The van der Waals surface area contributed by atoms with Crippen molar-refractivity contribution in [1.29, 1.82) is 0 Å². The fourth-order valence-corrected chi connectivity index (χ4v) is 1.02. The Hall–Kier alpha value is 0. The van der Waals surface area contributed by atoms with Gasteiger partial charge in [-0.2, -0.15) is 0 Å². The maximum Gasteiger partial charge on any atom is 0.509 e. The molecule has 1 atom stereocenters. The highest BCUT2D eigenvalue weighted by atomic mass is 127. The van der Waals surface area contributed by atoms with Crippen molar-refractivity contribution in [3.05, 3.63) is 0 Å². The fraction of sp³-hybridized carbons (Fsp3) is 0.889. The normalized spacial score (nSPS) is 12.7. The van der Waals surface area contributed by atoms with Crippen LogP contribution >= 0.6 is 22.6 Å². The molecule has 0 aliphatic carbocycles. The Balaban J connectivity index is 3.27. The van der Waals surface area contributed by atoms with Crippen molar-refractivity contribution in [3.8, 4) is 0 Å². The minimum absolute atomic E-state index is 0.129. The molecular formula is C9H17IO3. The molecule has 1 unspecified atom stereocenters. The third kappa shape index (κ3) is 9.92. The number of ether oxygens (including phenoxy) is 2. The SMILES string of the molecule is CC(C)CCCOC(=O)OC(C)I. The molecule has 3 nitrogen and oxygen atoms in total. The van der Waals surface area contributed by atoms with Crippen molar-refractivity contribution in [2.24, 2.45) is 5.92 Å². The lowest BCUT2D eigenvalue weighted by Gasteiger charge is -2.08. The van der Waals surface area contributed by atoms with Gasteiger partial charge >= 0.3 is 6.16 Å². The van der Waals surface area contributed by atoms with Crippen LogP contribution in [0, 0.1) is 5.92 Å². The summed E-state index contributed by atoms with van der Waals surface area (Å²) < 4.78 is 9.49. The highest BCUT2D eigenvalue weighted by Crippen LogP contribution is 2.05. The predicted octanol–water partition coefficient (Wildman–Crippen LogP) is 3.36. The van der Waals surface area contributed by atoms with Crippen molar-refractivity contribution in [1.82, 2.24) is 0 Å².